The van der Waals surface area contributed by atoms with Gasteiger partial charge in [-0.15, -0.1) is 0 Å². The normalized spacial score (nSPS) is 17.0. The largest absolute Gasteiger partial charge is 0.496 e. The molecule has 1 aliphatic heterocycles. The van der Waals surface area contributed by atoms with E-state index >= 15 is 0 Å². The second-order valence-corrected chi connectivity index (χ2v) is 5.99. The van der Waals surface area contributed by atoms with Crippen LogP contribution < -0.4 is 9.47 Å². The van der Waals surface area contributed by atoms with Crippen molar-refractivity contribution in [3.8, 4) is 11.5 Å². The van der Waals surface area contributed by atoms with Crippen LogP contribution in [-0.2, 0) is 6.54 Å². The minimum Gasteiger partial charge on any atom is -0.496 e. The number of aliphatic hydroxyl groups excluding tert-OH is 1. The number of hydrogen-bond acceptors (Lipinski definition) is 5. The molecule has 6 heteroatoms. The molecule has 118 valence electrons. The number of halogens is 1. The smallest absolute Gasteiger partial charge is 0.136 e. The molecule has 0 atom stereocenters. The van der Waals surface area contributed by atoms with Crippen molar-refractivity contribution < 1.29 is 14.6 Å². The van der Waals surface area contributed by atoms with Crippen LogP contribution in [0.1, 0.15) is 5.56 Å². The first kappa shape index (κ1) is 16.5. The standard InChI is InChI=1S/C15H23BrN2O3/c1-20-14-10-15(21-2)13(16)9-12(14)11-18-5-3-17(4-6-18)7-8-19/h9-10,19H,3-8,11H2,1-2H3. The van der Waals surface area contributed by atoms with Crippen LogP contribution in [0.4, 0.5) is 0 Å². The van der Waals surface area contributed by atoms with Gasteiger partial charge in [0.2, 0.25) is 0 Å². The summed E-state index contributed by atoms with van der Waals surface area (Å²) in [5, 5.41) is 8.98. The van der Waals surface area contributed by atoms with Crippen molar-refractivity contribution in [2.24, 2.45) is 0 Å². The Kier molecular flexibility index (Phi) is 6.29. The maximum Gasteiger partial charge on any atom is 0.136 e. The number of piperazine rings is 1. The maximum absolute atomic E-state index is 8.98. The number of benzene rings is 1. The number of ether oxygens (including phenoxy) is 2. The predicted molar refractivity (Wildman–Crippen MR) is 86.0 cm³/mol. The lowest BCUT2D eigenvalue weighted by molar-refractivity contribution is 0.108. The second-order valence-electron chi connectivity index (χ2n) is 5.14. The highest BCUT2D eigenvalue weighted by Crippen LogP contribution is 2.33. The van der Waals surface area contributed by atoms with E-state index in [-0.39, 0.29) is 6.61 Å². The molecule has 0 aromatic heterocycles. The number of nitrogens with zero attached hydrogens (tertiary/aromatic N) is 2. The average Bonchev–Trinajstić information content (AvgIpc) is 2.50. The van der Waals surface area contributed by atoms with E-state index in [0.717, 1.165) is 60.8 Å². The van der Waals surface area contributed by atoms with Gasteiger partial charge < -0.3 is 14.6 Å². The Balaban J connectivity index is 2.01. The molecule has 0 aliphatic carbocycles. The molecule has 21 heavy (non-hydrogen) atoms. The second kappa shape index (κ2) is 7.98. The van der Waals surface area contributed by atoms with Gasteiger partial charge in [-0.1, -0.05) is 0 Å². The van der Waals surface area contributed by atoms with Gasteiger partial charge in [0.15, 0.2) is 0 Å². The molecule has 1 saturated heterocycles. The van der Waals surface area contributed by atoms with E-state index in [4.69, 9.17) is 14.6 Å². The molecule has 0 unspecified atom stereocenters. The van der Waals surface area contributed by atoms with E-state index in [1.165, 1.54) is 0 Å². The number of β-amino-alcohol motifs (C(OH)–C–C–N with tert-alkyl or cyclic N) is 1. The van der Waals surface area contributed by atoms with Gasteiger partial charge in [0.25, 0.3) is 0 Å². The fourth-order valence-electron chi connectivity index (χ4n) is 2.60. The Bertz CT molecular complexity index is 462. The topological polar surface area (TPSA) is 45.2 Å². The Labute approximate surface area is 134 Å². The molecule has 1 heterocycles. The van der Waals surface area contributed by atoms with Crippen LogP contribution in [0, 0.1) is 0 Å². The molecule has 1 aromatic carbocycles. The highest BCUT2D eigenvalue weighted by Gasteiger charge is 2.18. The fourth-order valence-corrected chi connectivity index (χ4v) is 3.15. The lowest BCUT2D eigenvalue weighted by atomic mass is 10.1. The zero-order valence-electron chi connectivity index (χ0n) is 12.6. The van der Waals surface area contributed by atoms with E-state index < -0.39 is 0 Å². The molecule has 0 bridgehead atoms. The molecular weight excluding hydrogens is 336 g/mol. The first-order chi connectivity index (χ1) is 10.2. The molecule has 0 radical (unpaired) electrons. The quantitative estimate of drug-likeness (QED) is 0.836. The first-order valence-corrected chi connectivity index (χ1v) is 7.93. The maximum atomic E-state index is 8.98. The van der Waals surface area contributed by atoms with E-state index in [0.29, 0.717) is 0 Å². The van der Waals surface area contributed by atoms with Gasteiger partial charge in [-0.05, 0) is 22.0 Å². The van der Waals surface area contributed by atoms with Crippen LogP contribution in [0.5, 0.6) is 11.5 Å². The number of rotatable bonds is 6. The molecule has 0 amide bonds. The summed E-state index contributed by atoms with van der Waals surface area (Å²) in [6.07, 6.45) is 0. The van der Waals surface area contributed by atoms with Crippen molar-refractivity contribution in [2.75, 3.05) is 53.6 Å². The van der Waals surface area contributed by atoms with Gasteiger partial charge in [-0.3, -0.25) is 9.80 Å². The summed E-state index contributed by atoms with van der Waals surface area (Å²) in [6, 6.07) is 3.99. The Hall–Kier alpha value is -0.820. The van der Waals surface area contributed by atoms with Crippen molar-refractivity contribution in [3.05, 3.63) is 22.2 Å². The van der Waals surface area contributed by atoms with Gasteiger partial charge in [0.05, 0.1) is 25.3 Å². The van der Waals surface area contributed by atoms with Gasteiger partial charge in [-0.25, -0.2) is 0 Å². The summed E-state index contributed by atoms with van der Waals surface area (Å²) in [7, 11) is 3.34. The summed E-state index contributed by atoms with van der Waals surface area (Å²) < 4.78 is 11.7. The highest BCUT2D eigenvalue weighted by molar-refractivity contribution is 9.10. The van der Waals surface area contributed by atoms with Crippen LogP contribution in [0.3, 0.4) is 0 Å². The van der Waals surface area contributed by atoms with Gasteiger partial charge in [0, 0.05) is 50.9 Å². The Morgan fingerprint density at radius 3 is 2.24 bits per heavy atom. The van der Waals surface area contributed by atoms with Crippen molar-refractivity contribution in [1.29, 1.82) is 0 Å². The van der Waals surface area contributed by atoms with Crippen molar-refractivity contribution in [3.63, 3.8) is 0 Å². The van der Waals surface area contributed by atoms with Crippen molar-refractivity contribution >= 4 is 15.9 Å². The van der Waals surface area contributed by atoms with Crippen LogP contribution in [-0.4, -0.2) is 68.5 Å². The Morgan fingerprint density at radius 2 is 1.67 bits per heavy atom. The number of methoxy groups -OCH3 is 2. The zero-order valence-corrected chi connectivity index (χ0v) is 14.2. The lowest BCUT2D eigenvalue weighted by Gasteiger charge is -2.34. The van der Waals surface area contributed by atoms with E-state index in [1.54, 1.807) is 14.2 Å². The highest BCUT2D eigenvalue weighted by atomic mass is 79.9. The lowest BCUT2D eigenvalue weighted by Crippen LogP contribution is -2.46. The summed E-state index contributed by atoms with van der Waals surface area (Å²) in [4.78, 5) is 4.70. The van der Waals surface area contributed by atoms with Crippen molar-refractivity contribution in [1.82, 2.24) is 9.80 Å². The molecule has 2 rings (SSSR count). The third-order valence-electron chi connectivity index (χ3n) is 3.83. The average molecular weight is 359 g/mol. The van der Waals surface area contributed by atoms with E-state index in [1.807, 2.05) is 6.07 Å². The summed E-state index contributed by atoms with van der Waals surface area (Å²) in [5.74, 6) is 1.64. The summed E-state index contributed by atoms with van der Waals surface area (Å²) >= 11 is 3.53. The SMILES string of the molecule is COc1cc(OC)c(CN2CCN(CCO)CC2)cc1Br. The number of hydrogen-bond donors (Lipinski definition) is 1. The molecule has 1 N–H and O–H groups in total. The minimum atomic E-state index is 0.235. The summed E-state index contributed by atoms with van der Waals surface area (Å²) in [6.45, 7) is 5.88. The van der Waals surface area contributed by atoms with E-state index in [9.17, 15) is 0 Å². The van der Waals surface area contributed by atoms with Gasteiger partial charge in [-0.2, -0.15) is 0 Å². The zero-order chi connectivity index (χ0) is 15.2. The van der Waals surface area contributed by atoms with Crippen LogP contribution in [0.25, 0.3) is 0 Å². The van der Waals surface area contributed by atoms with Crippen molar-refractivity contribution in [2.45, 2.75) is 6.54 Å². The van der Waals surface area contributed by atoms with Crippen LogP contribution >= 0.6 is 15.9 Å². The molecule has 1 fully saturated rings. The molecule has 0 spiro atoms. The number of aliphatic hydroxyl groups is 1. The third-order valence-corrected chi connectivity index (χ3v) is 4.45. The molecule has 5 nitrogen and oxygen atoms in total. The van der Waals surface area contributed by atoms with Crippen LogP contribution in [0.15, 0.2) is 16.6 Å². The Morgan fingerprint density at radius 1 is 1.05 bits per heavy atom. The van der Waals surface area contributed by atoms with E-state index in [2.05, 4.69) is 31.8 Å². The van der Waals surface area contributed by atoms with Crippen LogP contribution in [0.2, 0.25) is 0 Å². The monoisotopic (exact) mass is 358 g/mol. The molecule has 0 saturated carbocycles. The molecule has 1 aromatic rings. The molecular formula is C15H23BrN2O3. The third kappa shape index (κ3) is 4.32. The molecule has 1 aliphatic rings. The fraction of sp³-hybridized carbons (Fsp3) is 0.600. The predicted octanol–water partition coefficient (Wildman–Crippen LogP) is 1.58. The first-order valence-electron chi connectivity index (χ1n) is 7.14. The summed E-state index contributed by atoms with van der Waals surface area (Å²) in [5.41, 5.74) is 1.15. The minimum absolute atomic E-state index is 0.235. The van der Waals surface area contributed by atoms with Gasteiger partial charge in [0.1, 0.15) is 11.5 Å². The van der Waals surface area contributed by atoms with Gasteiger partial charge >= 0.3 is 0 Å².